The number of aromatic carboxylic acids is 1. The summed E-state index contributed by atoms with van der Waals surface area (Å²) in [7, 11) is 0. The number of thiazole rings is 1. The summed E-state index contributed by atoms with van der Waals surface area (Å²) < 4.78 is 2.06. The van der Waals surface area contributed by atoms with Crippen LogP contribution in [0, 0.1) is 0 Å². The number of allylic oxidation sites excluding steroid dienone is 1. The van der Waals surface area contributed by atoms with Crippen molar-refractivity contribution in [1.29, 1.82) is 0 Å². The molecule has 1 N–H and O–H groups in total. The first-order valence-corrected chi connectivity index (χ1v) is 8.77. The van der Waals surface area contributed by atoms with Gasteiger partial charge >= 0.3 is 5.97 Å². The van der Waals surface area contributed by atoms with Gasteiger partial charge in [0.05, 0.1) is 16.9 Å². The fraction of sp³-hybridized carbons (Fsp3) is 0.0526. The predicted octanol–water partition coefficient (Wildman–Crippen LogP) is 4.99. The van der Waals surface area contributed by atoms with Gasteiger partial charge in [-0.1, -0.05) is 29.8 Å². The molecule has 0 spiro atoms. The Morgan fingerprint density at radius 1 is 1.20 bits per heavy atom. The molecule has 126 valence electrons. The molecule has 0 fully saturated rings. The first-order chi connectivity index (χ1) is 12.1. The largest absolute Gasteiger partial charge is 0.478 e. The normalized spacial score (nSPS) is 11.5. The van der Waals surface area contributed by atoms with Crippen LogP contribution in [0.15, 0.2) is 71.6 Å². The minimum atomic E-state index is -0.950. The van der Waals surface area contributed by atoms with E-state index in [4.69, 9.17) is 16.7 Å². The van der Waals surface area contributed by atoms with Crippen LogP contribution < -0.4 is 4.80 Å². The molecule has 1 aromatic heterocycles. The summed E-state index contributed by atoms with van der Waals surface area (Å²) in [5.41, 5.74) is 3.02. The fourth-order valence-corrected chi connectivity index (χ4v) is 3.43. The molecule has 2 aromatic carbocycles. The molecule has 0 saturated carbocycles. The van der Waals surface area contributed by atoms with Gasteiger partial charge in [0, 0.05) is 16.9 Å². The molecular weight excluding hydrogens is 356 g/mol. The Hall–Kier alpha value is -2.63. The summed E-state index contributed by atoms with van der Waals surface area (Å²) >= 11 is 7.49. The van der Waals surface area contributed by atoms with E-state index in [1.165, 1.54) is 11.3 Å². The minimum Gasteiger partial charge on any atom is -0.478 e. The third-order valence-electron chi connectivity index (χ3n) is 3.59. The van der Waals surface area contributed by atoms with Crippen molar-refractivity contribution in [3.63, 3.8) is 0 Å². The molecule has 6 heteroatoms. The number of rotatable bonds is 5. The number of carbonyl (C=O) groups is 1. The zero-order valence-electron chi connectivity index (χ0n) is 13.2. The second-order valence-corrected chi connectivity index (χ2v) is 6.55. The molecule has 0 aliphatic rings. The van der Waals surface area contributed by atoms with E-state index in [-0.39, 0.29) is 5.56 Å². The van der Waals surface area contributed by atoms with Crippen LogP contribution in [-0.2, 0) is 6.54 Å². The number of nitrogens with zero attached hydrogens (tertiary/aromatic N) is 2. The molecule has 0 unspecified atom stereocenters. The van der Waals surface area contributed by atoms with Crippen molar-refractivity contribution in [3.8, 4) is 11.3 Å². The zero-order valence-corrected chi connectivity index (χ0v) is 14.8. The first-order valence-electron chi connectivity index (χ1n) is 7.52. The maximum atomic E-state index is 10.9. The summed E-state index contributed by atoms with van der Waals surface area (Å²) in [5, 5.41) is 11.7. The molecule has 0 aliphatic heterocycles. The van der Waals surface area contributed by atoms with Crippen molar-refractivity contribution in [3.05, 3.63) is 82.0 Å². The Kier molecular flexibility index (Phi) is 5.16. The molecular formula is C19H15ClN2O2S. The molecule has 0 aliphatic carbocycles. The molecule has 0 atom stereocenters. The van der Waals surface area contributed by atoms with Gasteiger partial charge in [-0.05, 0) is 42.0 Å². The Morgan fingerprint density at radius 2 is 1.88 bits per heavy atom. The highest BCUT2D eigenvalue weighted by atomic mass is 35.5. The summed E-state index contributed by atoms with van der Waals surface area (Å²) in [6.07, 6.45) is 1.82. The van der Waals surface area contributed by atoms with Crippen molar-refractivity contribution in [1.82, 2.24) is 4.57 Å². The van der Waals surface area contributed by atoms with Gasteiger partial charge in [0.1, 0.15) is 0 Å². The molecule has 0 bridgehead atoms. The molecule has 4 nitrogen and oxygen atoms in total. The smallest absolute Gasteiger partial charge is 0.335 e. The monoisotopic (exact) mass is 370 g/mol. The van der Waals surface area contributed by atoms with E-state index in [1.807, 2.05) is 35.7 Å². The molecule has 1 heterocycles. The Balaban J connectivity index is 2.05. The predicted molar refractivity (Wildman–Crippen MR) is 102 cm³/mol. The second-order valence-electron chi connectivity index (χ2n) is 5.27. The molecule has 0 amide bonds. The lowest BCUT2D eigenvalue weighted by Crippen LogP contribution is -2.14. The second kappa shape index (κ2) is 7.51. The first kappa shape index (κ1) is 17.2. The van der Waals surface area contributed by atoms with Gasteiger partial charge in [-0.2, -0.15) is 0 Å². The molecule has 3 rings (SSSR count). The lowest BCUT2D eigenvalue weighted by atomic mass is 10.2. The summed E-state index contributed by atoms with van der Waals surface area (Å²) in [5.74, 6) is -0.950. The maximum Gasteiger partial charge on any atom is 0.335 e. The van der Waals surface area contributed by atoms with E-state index in [0.717, 1.165) is 16.1 Å². The number of carboxylic acid groups (broad SMARTS) is 1. The topological polar surface area (TPSA) is 54.6 Å². The number of hydrogen-bond acceptors (Lipinski definition) is 3. The lowest BCUT2D eigenvalue weighted by molar-refractivity contribution is 0.0697. The van der Waals surface area contributed by atoms with Crippen LogP contribution in [0.2, 0.25) is 5.02 Å². The van der Waals surface area contributed by atoms with Crippen molar-refractivity contribution in [2.24, 2.45) is 4.99 Å². The van der Waals surface area contributed by atoms with Crippen LogP contribution in [0.5, 0.6) is 0 Å². The highest BCUT2D eigenvalue weighted by Crippen LogP contribution is 2.23. The quantitative estimate of drug-likeness (QED) is 0.643. The van der Waals surface area contributed by atoms with Crippen molar-refractivity contribution < 1.29 is 9.90 Å². The van der Waals surface area contributed by atoms with Gasteiger partial charge in [-0.3, -0.25) is 0 Å². The van der Waals surface area contributed by atoms with E-state index < -0.39 is 5.97 Å². The number of aromatic nitrogens is 1. The summed E-state index contributed by atoms with van der Waals surface area (Å²) in [4.78, 5) is 16.4. The molecule has 0 saturated heterocycles. The van der Waals surface area contributed by atoms with Gasteiger partial charge < -0.3 is 9.67 Å². The van der Waals surface area contributed by atoms with Crippen molar-refractivity contribution >= 4 is 34.6 Å². The third-order valence-corrected chi connectivity index (χ3v) is 4.70. The zero-order chi connectivity index (χ0) is 17.8. The maximum absolute atomic E-state index is 10.9. The highest BCUT2D eigenvalue weighted by molar-refractivity contribution is 7.07. The van der Waals surface area contributed by atoms with Gasteiger partial charge in [0.25, 0.3) is 0 Å². The number of hydrogen-bond donors (Lipinski definition) is 1. The average Bonchev–Trinajstić information content (AvgIpc) is 2.99. The van der Waals surface area contributed by atoms with Crippen LogP contribution in [0.1, 0.15) is 10.4 Å². The van der Waals surface area contributed by atoms with Crippen LogP contribution >= 0.6 is 22.9 Å². The minimum absolute atomic E-state index is 0.242. The Bertz CT molecular complexity index is 970. The van der Waals surface area contributed by atoms with Crippen LogP contribution in [-0.4, -0.2) is 15.6 Å². The van der Waals surface area contributed by atoms with Crippen molar-refractivity contribution in [2.45, 2.75) is 6.54 Å². The van der Waals surface area contributed by atoms with Gasteiger partial charge in [0.2, 0.25) is 0 Å². The Morgan fingerprint density at radius 3 is 2.48 bits per heavy atom. The Labute approximate surface area is 154 Å². The standard InChI is InChI=1S/C19H15ClN2O2S/c1-2-11-22-17(13-3-7-15(20)8-4-13)12-25-19(22)21-16-9-5-14(6-10-16)18(23)24/h2-10,12H,1,11H2,(H,23,24). The van der Waals surface area contributed by atoms with E-state index in [2.05, 4.69) is 16.1 Å². The van der Waals surface area contributed by atoms with Gasteiger partial charge in [-0.25, -0.2) is 9.79 Å². The molecule has 3 aromatic rings. The van der Waals surface area contributed by atoms with Crippen LogP contribution in [0.25, 0.3) is 11.3 Å². The highest BCUT2D eigenvalue weighted by Gasteiger charge is 2.07. The summed E-state index contributed by atoms with van der Waals surface area (Å²) in [6, 6.07) is 14.1. The fourth-order valence-electron chi connectivity index (χ4n) is 2.36. The number of halogens is 1. The van der Waals surface area contributed by atoms with E-state index in [9.17, 15) is 4.79 Å². The van der Waals surface area contributed by atoms with Gasteiger partial charge in [-0.15, -0.1) is 17.9 Å². The molecule has 25 heavy (non-hydrogen) atoms. The average molecular weight is 371 g/mol. The third kappa shape index (κ3) is 3.90. The van der Waals surface area contributed by atoms with E-state index in [0.29, 0.717) is 17.3 Å². The van der Waals surface area contributed by atoms with Crippen molar-refractivity contribution in [2.75, 3.05) is 0 Å². The van der Waals surface area contributed by atoms with Crippen LogP contribution in [0.4, 0.5) is 5.69 Å². The number of carboxylic acids is 1. The lowest BCUT2D eigenvalue weighted by Gasteiger charge is -2.06. The SMILES string of the molecule is C=CCn1c(-c2ccc(Cl)cc2)csc1=Nc1ccc(C(=O)O)cc1. The van der Waals surface area contributed by atoms with Gasteiger partial charge in [0.15, 0.2) is 4.80 Å². The van der Waals surface area contributed by atoms with E-state index >= 15 is 0 Å². The van der Waals surface area contributed by atoms with E-state index in [1.54, 1.807) is 24.3 Å². The summed E-state index contributed by atoms with van der Waals surface area (Å²) in [6.45, 7) is 4.44. The van der Waals surface area contributed by atoms with Crippen LogP contribution in [0.3, 0.4) is 0 Å². The number of benzene rings is 2. The molecule has 0 radical (unpaired) electrons.